The number of hydrogen-bond donors (Lipinski definition) is 1. The molecule has 1 aromatic heterocycles. The lowest BCUT2D eigenvalue weighted by Crippen LogP contribution is -2.24. The molecule has 0 aromatic carbocycles. The van der Waals surface area contributed by atoms with E-state index in [9.17, 15) is 0 Å². The van der Waals surface area contributed by atoms with Crippen LogP contribution in [-0.4, -0.2) is 18.1 Å². The molecule has 0 aliphatic carbocycles. The number of nitrogens with zero attached hydrogens (tertiary/aromatic N) is 2. The highest BCUT2D eigenvalue weighted by molar-refractivity contribution is 7.15. The van der Waals surface area contributed by atoms with E-state index in [4.69, 9.17) is 10.7 Å². The van der Waals surface area contributed by atoms with Gasteiger partial charge in [0, 0.05) is 24.5 Å². The van der Waals surface area contributed by atoms with Crippen molar-refractivity contribution < 1.29 is 0 Å². The second kappa shape index (κ2) is 6.97. The topological polar surface area (TPSA) is 42.2 Å². The van der Waals surface area contributed by atoms with Crippen molar-refractivity contribution in [2.24, 2.45) is 5.73 Å². The Bertz CT molecular complexity index is 327. The lowest BCUT2D eigenvalue weighted by atomic mass is 10.1. The molecular formula is C13H25N3S. The Labute approximate surface area is 109 Å². The molecule has 0 spiro atoms. The van der Waals surface area contributed by atoms with E-state index in [2.05, 4.69) is 32.6 Å². The minimum absolute atomic E-state index is 0.462. The van der Waals surface area contributed by atoms with Crippen LogP contribution in [0.25, 0.3) is 0 Å². The van der Waals surface area contributed by atoms with Gasteiger partial charge in [-0.1, -0.05) is 27.7 Å². The molecule has 0 saturated heterocycles. The van der Waals surface area contributed by atoms with Crippen molar-refractivity contribution in [1.29, 1.82) is 0 Å². The molecule has 1 aromatic rings. The molecule has 1 rings (SSSR count). The lowest BCUT2D eigenvalue weighted by Gasteiger charge is -2.20. The third-order valence-corrected chi connectivity index (χ3v) is 3.86. The largest absolute Gasteiger partial charge is 0.348 e. The minimum atomic E-state index is 0.462. The highest BCUT2D eigenvalue weighted by atomic mass is 32.1. The molecular weight excluding hydrogens is 230 g/mol. The van der Waals surface area contributed by atoms with Gasteiger partial charge in [0.15, 0.2) is 5.13 Å². The summed E-state index contributed by atoms with van der Waals surface area (Å²) in [6.45, 7) is 11.6. The Balaban J connectivity index is 2.95. The summed E-state index contributed by atoms with van der Waals surface area (Å²) < 4.78 is 0. The van der Waals surface area contributed by atoms with Crippen LogP contribution in [0.1, 0.15) is 57.0 Å². The van der Waals surface area contributed by atoms with Gasteiger partial charge in [-0.05, 0) is 18.8 Å². The summed E-state index contributed by atoms with van der Waals surface area (Å²) in [6.07, 6.45) is 2.32. The predicted molar refractivity (Wildman–Crippen MR) is 76.9 cm³/mol. The Morgan fingerprint density at radius 2 is 1.82 bits per heavy atom. The van der Waals surface area contributed by atoms with Crippen molar-refractivity contribution in [3.05, 3.63) is 10.6 Å². The first-order chi connectivity index (χ1) is 8.13. The number of rotatable bonds is 7. The highest BCUT2D eigenvalue weighted by Gasteiger charge is 2.16. The van der Waals surface area contributed by atoms with Gasteiger partial charge in [0.1, 0.15) is 0 Å². The maximum Gasteiger partial charge on any atom is 0.185 e. The second-order valence-corrected chi connectivity index (χ2v) is 5.71. The average molecular weight is 255 g/mol. The number of nitrogens with two attached hydrogens (primary N) is 1. The van der Waals surface area contributed by atoms with Gasteiger partial charge in [-0.25, -0.2) is 4.98 Å². The molecule has 0 atom stereocenters. The highest BCUT2D eigenvalue weighted by Crippen LogP contribution is 2.30. The summed E-state index contributed by atoms with van der Waals surface area (Å²) in [5, 5.41) is 1.15. The van der Waals surface area contributed by atoms with E-state index in [0.717, 1.165) is 31.1 Å². The SMILES string of the molecule is CCCN(CCC)c1nc(C(C)C)c(CN)s1. The summed E-state index contributed by atoms with van der Waals surface area (Å²) in [4.78, 5) is 8.41. The van der Waals surface area contributed by atoms with Crippen LogP contribution in [0.4, 0.5) is 5.13 Å². The van der Waals surface area contributed by atoms with Gasteiger partial charge in [-0.2, -0.15) is 0 Å². The van der Waals surface area contributed by atoms with E-state index in [0.29, 0.717) is 12.5 Å². The van der Waals surface area contributed by atoms with Crippen LogP contribution in [0.5, 0.6) is 0 Å². The van der Waals surface area contributed by atoms with Crippen molar-refractivity contribution in [2.75, 3.05) is 18.0 Å². The Kier molecular flexibility index (Phi) is 5.92. The number of anilines is 1. The van der Waals surface area contributed by atoms with Crippen molar-refractivity contribution in [3.8, 4) is 0 Å². The fraction of sp³-hybridized carbons (Fsp3) is 0.769. The van der Waals surface area contributed by atoms with Crippen LogP contribution in [-0.2, 0) is 6.54 Å². The molecule has 0 fully saturated rings. The molecule has 0 aliphatic heterocycles. The molecule has 4 heteroatoms. The van der Waals surface area contributed by atoms with Crippen molar-refractivity contribution in [2.45, 2.75) is 53.0 Å². The Morgan fingerprint density at radius 1 is 1.24 bits per heavy atom. The molecule has 17 heavy (non-hydrogen) atoms. The van der Waals surface area contributed by atoms with E-state index in [1.807, 2.05) is 0 Å². The Morgan fingerprint density at radius 3 is 2.18 bits per heavy atom. The minimum Gasteiger partial charge on any atom is -0.348 e. The van der Waals surface area contributed by atoms with E-state index in [-0.39, 0.29) is 0 Å². The first-order valence-electron chi connectivity index (χ1n) is 6.58. The van der Waals surface area contributed by atoms with Crippen LogP contribution in [0, 0.1) is 0 Å². The van der Waals surface area contributed by atoms with Crippen molar-refractivity contribution in [1.82, 2.24) is 4.98 Å². The number of thiazole rings is 1. The van der Waals surface area contributed by atoms with Gasteiger partial charge in [0.25, 0.3) is 0 Å². The second-order valence-electron chi connectivity index (χ2n) is 4.65. The quantitative estimate of drug-likeness (QED) is 0.812. The molecule has 2 N–H and O–H groups in total. The Hall–Kier alpha value is -0.610. The predicted octanol–water partition coefficient (Wildman–Crippen LogP) is 3.35. The third-order valence-electron chi connectivity index (χ3n) is 2.71. The number of aromatic nitrogens is 1. The first kappa shape index (κ1) is 14.5. The molecule has 0 aliphatic rings. The normalized spacial score (nSPS) is 11.2. The van der Waals surface area contributed by atoms with Crippen molar-refractivity contribution in [3.63, 3.8) is 0 Å². The molecule has 1 heterocycles. The molecule has 0 amide bonds. The van der Waals surface area contributed by atoms with Gasteiger partial charge >= 0.3 is 0 Å². The zero-order valence-electron chi connectivity index (χ0n) is 11.5. The molecule has 3 nitrogen and oxygen atoms in total. The molecule has 0 bridgehead atoms. The van der Waals surface area contributed by atoms with Crippen LogP contribution >= 0.6 is 11.3 Å². The summed E-state index contributed by atoms with van der Waals surface area (Å²) in [7, 11) is 0. The van der Waals surface area contributed by atoms with E-state index >= 15 is 0 Å². The van der Waals surface area contributed by atoms with E-state index in [1.54, 1.807) is 11.3 Å². The van der Waals surface area contributed by atoms with Gasteiger partial charge < -0.3 is 10.6 Å². The van der Waals surface area contributed by atoms with Gasteiger partial charge in [0.05, 0.1) is 5.69 Å². The summed E-state index contributed by atoms with van der Waals surface area (Å²) in [5.41, 5.74) is 6.99. The van der Waals surface area contributed by atoms with Crippen LogP contribution in [0.3, 0.4) is 0 Å². The first-order valence-corrected chi connectivity index (χ1v) is 7.40. The van der Waals surface area contributed by atoms with E-state index < -0.39 is 0 Å². The lowest BCUT2D eigenvalue weighted by molar-refractivity contribution is 0.734. The molecule has 0 radical (unpaired) electrons. The molecule has 98 valence electrons. The third kappa shape index (κ3) is 3.68. The zero-order valence-corrected chi connectivity index (χ0v) is 12.3. The van der Waals surface area contributed by atoms with Gasteiger partial charge in [-0.3, -0.25) is 0 Å². The summed E-state index contributed by atoms with van der Waals surface area (Å²) in [6, 6.07) is 0. The van der Waals surface area contributed by atoms with E-state index in [1.165, 1.54) is 10.6 Å². The standard InChI is InChI=1S/C13H25N3S/c1-5-7-16(8-6-2)13-15-12(10(3)4)11(9-14)17-13/h10H,5-9,14H2,1-4H3. The average Bonchev–Trinajstić information content (AvgIpc) is 2.72. The van der Waals surface area contributed by atoms with Gasteiger partial charge in [-0.15, -0.1) is 11.3 Å². The summed E-state index contributed by atoms with van der Waals surface area (Å²) >= 11 is 1.77. The van der Waals surface area contributed by atoms with Crippen LogP contribution in [0.2, 0.25) is 0 Å². The van der Waals surface area contributed by atoms with Crippen LogP contribution in [0.15, 0.2) is 0 Å². The maximum atomic E-state index is 5.80. The molecule has 0 saturated carbocycles. The summed E-state index contributed by atoms with van der Waals surface area (Å²) in [5.74, 6) is 0.462. The van der Waals surface area contributed by atoms with Crippen LogP contribution < -0.4 is 10.6 Å². The van der Waals surface area contributed by atoms with Crippen molar-refractivity contribution >= 4 is 16.5 Å². The fourth-order valence-electron chi connectivity index (χ4n) is 1.93. The number of hydrogen-bond acceptors (Lipinski definition) is 4. The monoisotopic (exact) mass is 255 g/mol. The van der Waals surface area contributed by atoms with Gasteiger partial charge in [0.2, 0.25) is 0 Å². The molecule has 0 unspecified atom stereocenters. The smallest absolute Gasteiger partial charge is 0.185 e. The zero-order chi connectivity index (χ0) is 12.8. The fourth-order valence-corrected chi connectivity index (χ4v) is 3.07. The maximum absolute atomic E-state index is 5.80.